The zero-order chi connectivity index (χ0) is 29.1. The van der Waals surface area contributed by atoms with Gasteiger partial charge < -0.3 is 14.8 Å². The number of imidazole rings is 1. The topological polar surface area (TPSA) is 74.5 Å². The van der Waals surface area contributed by atoms with Crippen LogP contribution in [-0.2, 0) is 22.6 Å². The standard InChI is InChI=1S/C33H38ClN3O4/c1-5-36-29-15-14-24(18-30(29)37(6-2)33(36)39)35-31(38)20-40-25-11-9-10-22(16-25)32-27(21(3)4)17-23(19-41-32)26-12-7-8-13-28(26)34/h7-16,18,21,23,27,32H,5-6,17,19-20H2,1-4H3,(H,35,38)/t23-,27-,32-/m0/s1. The number of amides is 1. The smallest absolute Gasteiger partial charge is 0.329 e. The molecule has 1 aromatic heterocycles. The molecule has 0 spiro atoms. The van der Waals surface area contributed by atoms with Crippen LogP contribution in [0.3, 0.4) is 0 Å². The van der Waals surface area contributed by atoms with Crippen LogP contribution in [0.2, 0.25) is 5.02 Å². The van der Waals surface area contributed by atoms with Gasteiger partial charge in [-0.1, -0.05) is 55.8 Å². The first-order chi connectivity index (χ1) is 19.8. The fourth-order valence-corrected chi connectivity index (χ4v) is 6.28. The molecule has 3 aromatic carbocycles. The lowest BCUT2D eigenvalue weighted by atomic mass is 9.76. The molecule has 2 heterocycles. The number of hydrogen-bond donors (Lipinski definition) is 1. The van der Waals surface area contributed by atoms with Crippen LogP contribution in [0.4, 0.5) is 5.69 Å². The molecule has 1 amide bonds. The van der Waals surface area contributed by atoms with Crippen molar-refractivity contribution in [2.45, 2.75) is 59.2 Å². The number of nitrogens with one attached hydrogen (secondary N) is 1. The molecule has 7 nitrogen and oxygen atoms in total. The molecule has 216 valence electrons. The van der Waals surface area contributed by atoms with Crippen LogP contribution in [0.15, 0.2) is 71.5 Å². The molecule has 1 N–H and O–H groups in total. The summed E-state index contributed by atoms with van der Waals surface area (Å²) in [7, 11) is 0. The Balaban J connectivity index is 1.25. The van der Waals surface area contributed by atoms with E-state index in [1.165, 1.54) is 0 Å². The lowest BCUT2D eigenvalue weighted by Crippen LogP contribution is -2.31. The summed E-state index contributed by atoms with van der Waals surface area (Å²) in [5.74, 6) is 1.32. The maximum atomic E-state index is 12.8. The van der Waals surface area contributed by atoms with Gasteiger partial charge in [0, 0.05) is 29.7 Å². The van der Waals surface area contributed by atoms with Crippen LogP contribution in [0.5, 0.6) is 5.75 Å². The van der Waals surface area contributed by atoms with Gasteiger partial charge in [0.25, 0.3) is 5.91 Å². The lowest BCUT2D eigenvalue weighted by molar-refractivity contribution is -0.118. The summed E-state index contributed by atoms with van der Waals surface area (Å²) in [6, 6.07) is 21.4. The van der Waals surface area contributed by atoms with Crippen molar-refractivity contribution in [1.82, 2.24) is 9.13 Å². The molecule has 0 radical (unpaired) electrons. The highest BCUT2D eigenvalue weighted by atomic mass is 35.5. The molecule has 0 saturated carbocycles. The summed E-state index contributed by atoms with van der Waals surface area (Å²) in [5.41, 5.74) is 4.42. The number of anilines is 1. The van der Waals surface area contributed by atoms with E-state index in [9.17, 15) is 9.59 Å². The first-order valence-corrected chi connectivity index (χ1v) is 14.8. The number of halogens is 1. The van der Waals surface area contributed by atoms with Crippen LogP contribution in [0.1, 0.15) is 57.3 Å². The molecular formula is C33H38ClN3O4. The Kier molecular flexibility index (Phi) is 8.85. The minimum absolute atomic E-state index is 0.0438. The Bertz CT molecular complexity index is 1590. The minimum Gasteiger partial charge on any atom is -0.484 e. The number of rotatable bonds is 9. The van der Waals surface area contributed by atoms with Crippen LogP contribution in [0.25, 0.3) is 11.0 Å². The van der Waals surface area contributed by atoms with E-state index in [0.29, 0.717) is 43.0 Å². The number of aromatic nitrogens is 2. The highest BCUT2D eigenvalue weighted by molar-refractivity contribution is 6.31. The summed E-state index contributed by atoms with van der Waals surface area (Å²) in [6.45, 7) is 9.96. The van der Waals surface area contributed by atoms with E-state index >= 15 is 0 Å². The third-order valence-electron chi connectivity index (χ3n) is 8.12. The van der Waals surface area contributed by atoms with Crippen molar-refractivity contribution in [3.05, 3.63) is 93.4 Å². The Labute approximate surface area is 246 Å². The third-order valence-corrected chi connectivity index (χ3v) is 8.46. The molecule has 0 unspecified atom stereocenters. The number of hydrogen-bond acceptors (Lipinski definition) is 4. The van der Waals surface area contributed by atoms with E-state index in [1.54, 1.807) is 9.13 Å². The summed E-state index contributed by atoms with van der Waals surface area (Å²) in [4.78, 5) is 25.4. The average Bonchev–Trinajstić information content (AvgIpc) is 3.25. The Morgan fingerprint density at radius 3 is 2.51 bits per heavy atom. The van der Waals surface area contributed by atoms with Gasteiger partial charge in [-0.25, -0.2) is 4.79 Å². The molecular weight excluding hydrogens is 538 g/mol. The molecule has 1 fully saturated rings. The van der Waals surface area contributed by atoms with Crippen molar-refractivity contribution >= 4 is 34.2 Å². The van der Waals surface area contributed by atoms with Gasteiger partial charge in [-0.3, -0.25) is 13.9 Å². The molecule has 1 aliphatic heterocycles. The Morgan fingerprint density at radius 1 is 1.02 bits per heavy atom. The van der Waals surface area contributed by atoms with Crippen molar-refractivity contribution in [3.8, 4) is 5.75 Å². The normalized spacial score (nSPS) is 19.0. The van der Waals surface area contributed by atoms with Crippen molar-refractivity contribution in [3.63, 3.8) is 0 Å². The van der Waals surface area contributed by atoms with Crippen molar-refractivity contribution < 1.29 is 14.3 Å². The number of carbonyl (C=O) groups is 1. The quantitative estimate of drug-likeness (QED) is 0.232. The maximum absolute atomic E-state index is 12.8. The number of carbonyl (C=O) groups excluding carboxylic acids is 1. The summed E-state index contributed by atoms with van der Waals surface area (Å²) in [6.07, 6.45) is 0.918. The molecule has 4 aromatic rings. The predicted molar refractivity (Wildman–Crippen MR) is 164 cm³/mol. The van der Waals surface area contributed by atoms with Gasteiger partial charge in [0.05, 0.1) is 23.7 Å². The number of benzene rings is 3. The van der Waals surface area contributed by atoms with E-state index < -0.39 is 0 Å². The fraction of sp³-hybridized carbons (Fsp3) is 0.394. The Morgan fingerprint density at radius 2 is 1.78 bits per heavy atom. The van der Waals surface area contributed by atoms with E-state index in [2.05, 4.69) is 31.3 Å². The Hall–Kier alpha value is -3.55. The highest BCUT2D eigenvalue weighted by Gasteiger charge is 2.35. The van der Waals surface area contributed by atoms with Crippen LogP contribution < -0.4 is 15.7 Å². The first kappa shape index (κ1) is 29.0. The largest absolute Gasteiger partial charge is 0.484 e. The minimum atomic E-state index is -0.272. The molecule has 0 bridgehead atoms. The second kappa shape index (κ2) is 12.5. The molecule has 8 heteroatoms. The molecule has 41 heavy (non-hydrogen) atoms. The number of ether oxygens (including phenoxy) is 2. The first-order valence-electron chi connectivity index (χ1n) is 14.4. The van der Waals surface area contributed by atoms with Crippen LogP contribution in [-0.4, -0.2) is 28.3 Å². The SMILES string of the molecule is CCn1c(=O)n(CC)c2cc(NC(=O)COc3cccc([C@@H]4OC[C@@H](c5ccccc5Cl)C[C@H]4C(C)C)c3)ccc21. The second-order valence-corrected chi connectivity index (χ2v) is 11.4. The van der Waals surface area contributed by atoms with E-state index in [-0.39, 0.29) is 30.2 Å². The van der Waals surface area contributed by atoms with Crippen molar-refractivity contribution in [2.24, 2.45) is 11.8 Å². The summed E-state index contributed by atoms with van der Waals surface area (Å²) in [5, 5.41) is 3.69. The van der Waals surface area contributed by atoms with Gasteiger partial charge in [0.2, 0.25) is 0 Å². The van der Waals surface area contributed by atoms with Gasteiger partial charge in [0.1, 0.15) is 5.75 Å². The van der Waals surface area contributed by atoms with Gasteiger partial charge in [-0.05, 0) is 79.6 Å². The van der Waals surface area contributed by atoms with Gasteiger partial charge in [-0.2, -0.15) is 0 Å². The average molecular weight is 576 g/mol. The third kappa shape index (κ3) is 6.07. The van der Waals surface area contributed by atoms with Crippen LogP contribution >= 0.6 is 11.6 Å². The highest BCUT2D eigenvalue weighted by Crippen LogP contribution is 2.45. The van der Waals surface area contributed by atoms with Crippen molar-refractivity contribution in [1.29, 1.82) is 0 Å². The monoisotopic (exact) mass is 575 g/mol. The van der Waals surface area contributed by atoms with Crippen LogP contribution in [0, 0.1) is 11.8 Å². The molecule has 1 saturated heterocycles. The lowest BCUT2D eigenvalue weighted by Gasteiger charge is -2.39. The second-order valence-electron chi connectivity index (χ2n) is 11.0. The van der Waals surface area contributed by atoms with Gasteiger partial charge in [-0.15, -0.1) is 0 Å². The summed E-state index contributed by atoms with van der Waals surface area (Å²) >= 11 is 6.50. The zero-order valence-electron chi connectivity index (χ0n) is 24.1. The van der Waals surface area contributed by atoms with Gasteiger partial charge >= 0.3 is 5.69 Å². The maximum Gasteiger partial charge on any atom is 0.329 e. The summed E-state index contributed by atoms with van der Waals surface area (Å²) < 4.78 is 15.8. The number of aryl methyl sites for hydroxylation is 2. The van der Waals surface area contributed by atoms with E-state index in [0.717, 1.165) is 33.6 Å². The van der Waals surface area contributed by atoms with Gasteiger partial charge in [0.15, 0.2) is 6.61 Å². The molecule has 0 aliphatic carbocycles. The van der Waals surface area contributed by atoms with E-state index in [4.69, 9.17) is 21.1 Å². The molecule has 5 rings (SSSR count). The van der Waals surface area contributed by atoms with E-state index in [1.807, 2.05) is 68.4 Å². The zero-order valence-corrected chi connectivity index (χ0v) is 24.9. The number of nitrogens with zero attached hydrogens (tertiary/aromatic N) is 2. The predicted octanol–water partition coefficient (Wildman–Crippen LogP) is 7.03. The fourth-order valence-electron chi connectivity index (χ4n) is 5.99. The number of fused-ring (bicyclic) bond motifs is 1. The molecule has 1 aliphatic rings. The van der Waals surface area contributed by atoms with Crippen molar-refractivity contribution in [2.75, 3.05) is 18.5 Å². The molecule has 3 atom stereocenters.